The average molecular weight is 324 g/mol. The molecule has 1 fully saturated rings. The quantitative estimate of drug-likeness (QED) is 0.408. The number of nitrogens with zero attached hydrogens (tertiary/aromatic N) is 1. The van der Waals surface area contributed by atoms with Gasteiger partial charge in [-0.15, -0.1) is 0 Å². The minimum Gasteiger partial charge on any atom is -0.452 e. The number of ether oxygens (including phenoxy) is 1. The first kappa shape index (κ1) is 17.3. The summed E-state index contributed by atoms with van der Waals surface area (Å²) in [6.45, 7) is 5.38. The molecule has 3 N–H and O–H groups in total. The summed E-state index contributed by atoms with van der Waals surface area (Å²) in [7, 11) is 0. The van der Waals surface area contributed by atoms with Crippen LogP contribution in [0.2, 0.25) is 0 Å². The Bertz CT molecular complexity index is 727. The highest BCUT2D eigenvalue weighted by atomic mass is 16.5. The van der Waals surface area contributed by atoms with E-state index in [0.29, 0.717) is 5.56 Å². The molecular formula is C18H20N4O2. The number of carbonyl (C=O) groups excluding carboxylic acids is 1. The van der Waals surface area contributed by atoms with Gasteiger partial charge in [-0.25, -0.2) is 0 Å². The number of carbonyl (C=O) groups is 1. The lowest BCUT2D eigenvalue weighted by atomic mass is 10.1. The molecule has 1 aromatic carbocycles. The molecule has 0 saturated heterocycles. The van der Waals surface area contributed by atoms with Crippen molar-refractivity contribution in [1.82, 2.24) is 5.32 Å². The standard InChI is InChI=1S/C18H20N4O2/c1-3-15-10-14(11-19)4-5-16(15)21-12-17(23)22-18(6-7-18)8-9-24-13(2)20/h3-5,8-10,20-21H,1,6-7,12H2,2H3,(H,22,23)/b9-8+,20-13?. The number of rotatable bonds is 7. The molecule has 0 spiro atoms. The molecule has 124 valence electrons. The molecule has 0 aromatic heterocycles. The summed E-state index contributed by atoms with van der Waals surface area (Å²) < 4.78 is 4.98. The van der Waals surface area contributed by atoms with Gasteiger partial charge in [-0.2, -0.15) is 5.26 Å². The Hall–Kier alpha value is -3.07. The largest absolute Gasteiger partial charge is 0.452 e. The van der Waals surface area contributed by atoms with Crippen LogP contribution >= 0.6 is 0 Å². The van der Waals surface area contributed by atoms with Crippen molar-refractivity contribution in [2.24, 2.45) is 0 Å². The molecule has 1 aliphatic rings. The summed E-state index contributed by atoms with van der Waals surface area (Å²) in [6, 6.07) is 7.24. The molecule has 1 saturated carbocycles. The van der Waals surface area contributed by atoms with E-state index in [-0.39, 0.29) is 23.9 Å². The molecule has 0 aliphatic heterocycles. The molecule has 2 rings (SSSR count). The van der Waals surface area contributed by atoms with Crippen LogP contribution < -0.4 is 10.6 Å². The smallest absolute Gasteiger partial charge is 0.239 e. The fourth-order valence-corrected chi connectivity index (χ4v) is 2.19. The van der Waals surface area contributed by atoms with Gasteiger partial charge in [-0.1, -0.05) is 12.7 Å². The van der Waals surface area contributed by atoms with Crippen molar-refractivity contribution in [3.05, 3.63) is 48.2 Å². The lowest BCUT2D eigenvalue weighted by Gasteiger charge is -2.15. The van der Waals surface area contributed by atoms with Gasteiger partial charge >= 0.3 is 0 Å². The summed E-state index contributed by atoms with van der Waals surface area (Å²) in [5.74, 6) is -0.0316. The average Bonchev–Trinajstić information content (AvgIpc) is 3.31. The van der Waals surface area contributed by atoms with Crippen molar-refractivity contribution >= 4 is 23.6 Å². The zero-order valence-electron chi connectivity index (χ0n) is 13.6. The third-order valence-corrected chi connectivity index (χ3v) is 3.65. The Morgan fingerprint density at radius 2 is 2.29 bits per heavy atom. The number of nitrogens with one attached hydrogen (secondary N) is 3. The van der Waals surface area contributed by atoms with Crippen LogP contribution in [0.1, 0.15) is 30.9 Å². The van der Waals surface area contributed by atoms with Crippen LogP contribution in [-0.4, -0.2) is 23.9 Å². The predicted octanol–water partition coefficient (Wildman–Crippen LogP) is 2.79. The first-order chi connectivity index (χ1) is 11.5. The Morgan fingerprint density at radius 3 is 2.88 bits per heavy atom. The lowest BCUT2D eigenvalue weighted by Crippen LogP contribution is -2.39. The fourth-order valence-electron chi connectivity index (χ4n) is 2.19. The van der Waals surface area contributed by atoms with E-state index < -0.39 is 0 Å². The second kappa shape index (κ2) is 7.47. The van der Waals surface area contributed by atoms with Gasteiger partial charge in [0.1, 0.15) is 0 Å². The Balaban J connectivity index is 1.90. The van der Waals surface area contributed by atoms with Gasteiger partial charge in [0.2, 0.25) is 5.91 Å². The molecule has 6 nitrogen and oxygen atoms in total. The number of nitriles is 1. The van der Waals surface area contributed by atoms with E-state index >= 15 is 0 Å². The number of hydrogen-bond acceptors (Lipinski definition) is 5. The first-order valence-electron chi connectivity index (χ1n) is 7.59. The van der Waals surface area contributed by atoms with E-state index in [1.54, 1.807) is 37.3 Å². The van der Waals surface area contributed by atoms with Gasteiger partial charge in [0, 0.05) is 12.6 Å². The lowest BCUT2D eigenvalue weighted by molar-refractivity contribution is -0.120. The molecule has 0 radical (unpaired) electrons. The minimum atomic E-state index is -0.361. The molecule has 0 bridgehead atoms. The van der Waals surface area contributed by atoms with Crippen molar-refractivity contribution in [2.75, 3.05) is 11.9 Å². The van der Waals surface area contributed by atoms with E-state index in [9.17, 15) is 4.79 Å². The maximum atomic E-state index is 12.1. The number of anilines is 1. The Labute approximate surface area is 141 Å². The van der Waals surface area contributed by atoms with Crippen molar-refractivity contribution < 1.29 is 9.53 Å². The van der Waals surface area contributed by atoms with Gasteiger partial charge in [0.15, 0.2) is 5.90 Å². The molecule has 24 heavy (non-hydrogen) atoms. The van der Waals surface area contributed by atoms with E-state index in [2.05, 4.69) is 23.3 Å². The van der Waals surface area contributed by atoms with Crippen LogP contribution in [0.25, 0.3) is 6.08 Å². The zero-order valence-corrected chi connectivity index (χ0v) is 13.6. The number of amides is 1. The van der Waals surface area contributed by atoms with Crippen LogP contribution in [0.3, 0.4) is 0 Å². The van der Waals surface area contributed by atoms with Crippen LogP contribution in [0.4, 0.5) is 5.69 Å². The predicted molar refractivity (Wildman–Crippen MR) is 93.5 cm³/mol. The molecular weight excluding hydrogens is 304 g/mol. The highest BCUT2D eigenvalue weighted by molar-refractivity contribution is 5.83. The molecule has 1 aliphatic carbocycles. The van der Waals surface area contributed by atoms with Crippen molar-refractivity contribution in [2.45, 2.75) is 25.3 Å². The number of hydrogen-bond donors (Lipinski definition) is 3. The summed E-state index contributed by atoms with van der Waals surface area (Å²) in [5.41, 5.74) is 1.71. The summed E-state index contributed by atoms with van der Waals surface area (Å²) in [4.78, 5) is 12.1. The van der Waals surface area contributed by atoms with Crippen LogP contribution in [-0.2, 0) is 9.53 Å². The summed E-state index contributed by atoms with van der Waals surface area (Å²) in [6.07, 6.45) is 6.57. The minimum absolute atomic E-state index is 0.104. The second-order valence-corrected chi connectivity index (χ2v) is 5.65. The normalized spacial score (nSPS) is 14.5. The SMILES string of the molecule is C=Cc1cc(C#N)ccc1NCC(=O)NC1(/C=C/OC(C)=N)CC1. The van der Waals surface area contributed by atoms with E-state index in [1.165, 1.54) is 6.26 Å². The number of benzene rings is 1. The molecule has 1 aromatic rings. The Kier molecular flexibility index (Phi) is 5.38. The van der Waals surface area contributed by atoms with Gasteiger partial charge < -0.3 is 15.4 Å². The topological polar surface area (TPSA) is 98.0 Å². The van der Waals surface area contributed by atoms with Crippen molar-refractivity contribution in [3.8, 4) is 6.07 Å². The molecule has 6 heteroatoms. The van der Waals surface area contributed by atoms with E-state index in [1.807, 2.05) is 0 Å². The van der Waals surface area contributed by atoms with Crippen LogP contribution in [0.5, 0.6) is 0 Å². The Morgan fingerprint density at radius 1 is 1.54 bits per heavy atom. The third-order valence-electron chi connectivity index (χ3n) is 3.65. The van der Waals surface area contributed by atoms with Gasteiger partial charge in [0.25, 0.3) is 0 Å². The maximum absolute atomic E-state index is 12.1. The summed E-state index contributed by atoms with van der Waals surface area (Å²) >= 11 is 0. The summed E-state index contributed by atoms with van der Waals surface area (Å²) in [5, 5.41) is 22.1. The third kappa shape index (κ3) is 4.71. The zero-order chi connectivity index (χ0) is 17.6. The van der Waals surface area contributed by atoms with Crippen molar-refractivity contribution in [3.63, 3.8) is 0 Å². The van der Waals surface area contributed by atoms with Crippen molar-refractivity contribution in [1.29, 1.82) is 10.7 Å². The second-order valence-electron chi connectivity index (χ2n) is 5.65. The molecule has 0 unspecified atom stereocenters. The van der Waals surface area contributed by atoms with E-state index in [0.717, 1.165) is 24.1 Å². The maximum Gasteiger partial charge on any atom is 0.239 e. The van der Waals surface area contributed by atoms with Gasteiger partial charge in [-0.3, -0.25) is 10.2 Å². The molecule has 0 atom stereocenters. The van der Waals surface area contributed by atoms with Gasteiger partial charge in [-0.05, 0) is 42.7 Å². The van der Waals surface area contributed by atoms with E-state index in [4.69, 9.17) is 15.4 Å². The highest BCUT2D eigenvalue weighted by Gasteiger charge is 2.41. The fraction of sp³-hybridized carbons (Fsp3) is 0.278. The molecule has 0 heterocycles. The monoisotopic (exact) mass is 324 g/mol. The van der Waals surface area contributed by atoms with Gasteiger partial charge in [0.05, 0.1) is 30.0 Å². The van der Waals surface area contributed by atoms with Crippen LogP contribution in [0, 0.1) is 16.7 Å². The molecule has 1 amide bonds. The highest BCUT2D eigenvalue weighted by Crippen LogP contribution is 2.36. The first-order valence-corrected chi connectivity index (χ1v) is 7.59. The van der Waals surface area contributed by atoms with Crippen LogP contribution in [0.15, 0.2) is 37.1 Å².